The Balaban J connectivity index is 1.82. The number of hydrogen-bond donors (Lipinski definition) is 1. The molecule has 0 radical (unpaired) electrons. The molecule has 1 aliphatic rings. The van der Waals surface area contributed by atoms with Crippen molar-refractivity contribution in [2.45, 2.75) is 37.6 Å². The molecule has 1 fully saturated rings. The summed E-state index contributed by atoms with van der Waals surface area (Å²) in [6.07, 6.45) is 4.94. The minimum Gasteiger partial charge on any atom is -0.312 e. The van der Waals surface area contributed by atoms with E-state index >= 15 is 0 Å². The van der Waals surface area contributed by atoms with Gasteiger partial charge in [-0.3, -0.25) is 0 Å². The van der Waals surface area contributed by atoms with Gasteiger partial charge < -0.3 is 5.32 Å². The lowest BCUT2D eigenvalue weighted by molar-refractivity contribution is 0.348. The zero-order chi connectivity index (χ0) is 13.0. The Kier molecular flexibility index (Phi) is 5.62. The van der Waals surface area contributed by atoms with E-state index in [0.29, 0.717) is 11.3 Å². The lowest BCUT2D eigenvalue weighted by Gasteiger charge is -2.27. The normalized spacial score (nSPS) is 24.2. The van der Waals surface area contributed by atoms with Gasteiger partial charge in [-0.1, -0.05) is 36.0 Å². The van der Waals surface area contributed by atoms with Gasteiger partial charge in [0.05, 0.1) is 0 Å². The van der Waals surface area contributed by atoms with E-state index in [0.717, 1.165) is 35.1 Å². The fraction of sp³-hybridized carbons (Fsp3) is 0.571. The molecular weight excluding hydrogens is 289 g/mol. The van der Waals surface area contributed by atoms with Gasteiger partial charge in [0.15, 0.2) is 0 Å². The highest BCUT2D eigenvalue weighted by Crippen LogP contribution is 2.28. The summed E-state index contributed by atoms with van der Waals surface area (Å²) >= 11 is 18.4. The summed E-state index contributed by atoms with van der Waals surface area (Å²) in [6, 6.07) is 5.56. The van der Waals surface area contributed by atoms with Gasteiger partial charge in [0.1, 0.15) is 0 Å². The summed E-state index contributed by atoms with van der Waals surface area (Å²) in [4.78, 5) is 0. The van der Waals surface area contributed by atoms with Crippen molar-refractivity contribution in [1.29, 1.82) is 0 Å². The van der Waals surface area contributed by atoms with Crippen molar-refractivity contribution in [3.8, 4) is 0 Å². The second kappa shape index (κ2) is 7.00. The second-order valence-electron chi connectivity index (χ2n) is 4.93. The Labute approximate surface area is 124 Å². The van der Waals surface area contributed by atoms with E-state index in [-0.39, 0.29) is 0 Å². The molecule has 0 saturated heterocycles. The molecular formula is C14H18Cl3N. The summed E-state index contributed by atoms with van der Waals surface area (Å²) in [5.41, 5.74) is 1.05. The molecule has 0 amide bonds. The van der Waals surface area contributed by atoms with Gasteiger partial charge in [0.2, 0.25) is 0 Å². The molecule has 2 rings (SSSR count). The van der Waals surface area contributed by atoms with Gasteiger partial charge in [-0.25, -0.2) is 0 Å². The van der Waals surface area contributed by atoms with Crippen LogP contribution in [0.3, 0.4) is 0 Å². The van der Waals surface area contributed by atoms with Crippen LogP contribution in [-0.4, -0.2) is 11.9 Å². The van der Waals surface area contributed by atoms with Crippen LogP contribution < -0.4 is 5.32 Å². The molecule has 1 nitrogen and oxygen atoms in total. The standard InChI is InChI=1S/C14H18Cl3N/c15-12-5-6-14(17)11(7-12)9-18-8-10-3-1-2-4-13(10)16/h5-7,10,13,18H,1-4,8-9H2. The monoisotopic (exact) mass is 305 g/mol. The summed E-state index contributed by atoms with van der Waals surface area (Å²) < 4.78 is 0. The Bertz CT molecular complexity index is 395. The van der Waals surface area contributed by atoms with E-state index in [4.69, 9.17) is 34.8 Å². The van der Waals surface area contributed by atoms with Gasteiger partial charge >= 0.3 is 0 Å². The average molecular weight is 307 g/mol. The first kappa shape index (κ1) is 14.5. The predicted octanol–water partition coefficient (Wildman–Crippen LogP) is 4.88. The summed E-state index contributed by atoms with van der Waals surface area (Å²) in [5.74, 6) is 0.582. The van der Waals surface area contributed by atoms with Gasteiger partial charge in [-0.05, 0) is 49.1 Å². The fourth-order valence-electron chi connectivity index (χ4n) is 2.46. The van der Waals surface area contributed by atoms with Crippen LogP contribution in [0.1, 0.15) is 31.2 Å². The van der Waals surface area contributed by atoms with E-state index in [1.807, 2.05) is 18.2 Å². The van der Waals surface area contributed by atoms with Crippen molar-refractivity contribution in [2.75, 3.05) is 6.54 Å². The lowest BCUT2D eigenvalue weighted by atomic mass is 9.89. The molecule has 18 heavy (non-hydrogen) atoms. The molecule has 1 aromatic carbocycles. The quantitative estimate of drug-likeness (QED) is 0.782. The molecule has 1 N–H and O–H groups in total. The highest BCUT2D eigenvalue weighted by Gasteiger charge is 2.22. The highest BCUT2D eigenvalue weighted by atomic mass is 35.5. The zero-order valence-electron chi connectivity index (χ0n) is 10.3. The third-order valence-electron chi connectivity index (χ3n) is 3.55. The lowest BCUT2D eigenvalue weighted by Crippen LogP contribution is -2.30. The number of benzene rings is 1. The molecule has 2 unspecified atom stereocenters. The number of halogens is 3. The van der Waals surface area contributed by atoms with E-state index in [9.17, 15) is 0 Å². The first-order chi connectivity index (χ1) is 8.66. The third kappa shape index (κ3) is 4.03. The molecule has 0 aliphatic heterocycles. The maximum atomic E-state index is 6.33. The first-order valence-corrected chi connectivity index (χ1v) is 7.65. The van der Waals surface area contributed by atoms with Crippen LogP contribution in [0, 0.1) is 5.92 Å². The SMILES string of the molecule is Clc1ccc(Cl)c(CNCC2CCCCC2Cl)c1. The summed E-state index contributed by atoms with van der Waals surface area (Å²) in [6.45, 7) is 1.70. The Morgan fingerprint density at radius 3 is 2.72 bits per heavy atom. The van der Waals surface area contributed by atoms with Crippen LogP contribution >= 0.6 is 34.8 Å². The molecule has 100 valence electrons. The number of rotatable bonds is 4. The molecule has 1 aromatic rings. The summed E-state index contributed by atoms with van der Waals surface area (Å²) in [5, 5.41) is 5.25. The van der Waals surface area contributed by atoms with Gasteiger partial charge in [-0.2, -0.15) is 0 Å². The smallest absolute Gasteiger partial charge is 0.0451 e. The van der Waals surface area contributed by atoms with Crippen molar-refractivity contribution >= 4 is 34.8 Å². The number of alkyl halides is 1. The molecule has 1 saturated carbocycles. The topological polar surface area (TPSA) is 12.0 Å². The van der Waals surface area contributed by atoms with Crippen LogP contribution in [0.25, 0.3) is 0 Å². The highest BCUT2D eigenvalue weighted by molar-refractivity contribution is 6.33. The number of hydrogen-bond acceptors (Lipinski definition) is 1. The molecule has 2 atom stereocenters. The van der Waals surface area contributed by atoms with Crippen molar-refractivity contribution < 1.29 is 0 Å². The minimum atomic E-state index is 0.320. The van der Waals surface area contributed by atoms with E-state index < -0.39 is 0 Å². The van der Waals surface area contributed by atoms with Crippen LogP contribution in [0.5, 0.6) is 0 Å². The fourth-order valence-corrected chi connectivity index (χ4v) is 3.21. The summed E-state index contributed by atoms with van der Waals surface area (Å²) in [7, 11) is 0. The van der Waals surface area contributed by atoms with Crippen molar-refractivity contribution in [1.82, 2.24) is 5.32 Å². The van der Waals surface area contributed by atoms with Crippen LogP contribution in [0.4, 0.5) is 0 Å². The molecule has 1 aliphatic carbocycles. The maximum absolute atomic E-state index is 6.33. The van der Waals surface area contributed by atoms with Gasteiger partial charge in [0.25, 0.3) is 0 Å². The zero-order valence-corrected chi connectivity index (χ0v) is 12.5. The Morgan fingerprint density at radius 2 is 1.94 bits per heavy atom. The molecule has 0 spiro atoms. The van der Waals surface area contributed by atoms with Crippen molar-refractivity contribution in [2.24, 2.45) is 5.92 Å². The largest absolute Gasteiger partial charge is 0.312 e. The number of nitrogens with one attached hydrogen (secondary N) is 1. The van der Waals surface area contributed by atoms with E-state index in [1.165, 1.54) is 19.3 Å². The van der Waals surface area contributed by atoms with Crippen LogP contribution in [0.15, 0.2) is 18.2 Å². The van der Waals surface area contributed by atoms with Crippen molar-refractivity contribution in [3.63, 3.8) is 0 Å². The third-order valence-corrected chi connectivity index (χ3v) is 4.72. The van der Waals surface area contributed by atoms with Crippen LogP contribution in [-0.2, 0) is 6.54 Å². The van der Waals surface area contributed by atoms with Crippen LogP contribution in [0.2, 0.25) is 10.0 Å². The Hall–Kier alpha value is 0.0500. The molecule has 0 aromatic heterocycles. The van der Waals surface area contributed by atoms with Gasteiger partial charge in [-0.15, -0.1) is 11.6 Å². The first-order valence-electron chi connectivity index (χ1n) is 6.45. The predicted molar refractivity (Wildman–Crippen MR) is 79.8 cm³/mol. The minimum absolute atomic E-state index is 0.320. The molecule has 0 heterocycles. The Morgan fingerprint density at radius 1 is 1.17 bits per heavy atom. The van der Waals surface area contributed by atoms with Gasteiger partial charge in [0, 0.05) is 22.0 Å². The molecule has 4 heteroatoms. The van der Waals surface area contributed by atoms with E-state index in [1.54, 1.807) is 0 Å². The van der Waals surface area contributed by atoms with E-state index in [2.05, 4.69) is 5.32 Å². The second-order valence-corrected chi connectivity index (χ2v) is 6.33. The van der Waals surface area contributed by atoms with Crippen molar-refractivity contribution in [3.05, 3.63) is 33.8 Å². The molecule has 0 bridgehead atoms. The maximum Gasteiger partial charge on any atom is 0.0451 e. The average Bonchev–Trinajstić information content (AvgIpc) is 2.36.